The van der Waals surface area contributed by atoms with Crippen LogP contribution in [0.2, 0.25) is 0 Å². The van der Waals surface area contributed by atoms with E-state index in [1.54, 1.807) is 0 Å². The molecule has 1 aromatic rings. The lowest BCUT2D eigenvalue weighted by Gasteiger charge is -1.93. The molecule has 0 heterocycles. The predicted molar refractivity (Wildman–Crippen MR) is 54.7 cm³/mol. The summed E-state index contributed by atoms with van der Waals surface area (Å²) in [5, 5.41) is 0. The number of hydrogen-bond donors (Lipinski definition) is 0. The summed E-state index contributed by atoms with van der Waals surface area (Å²) in [5.74, 6) is 0. The highest BCUT2D eigenvalue weighted by Gasteiger charge is 1.86. The number of hydrogen-bond acceptors (Lipinski definition) is 0. The fourth-order valence-electron chi connectivity index (χ4n) is 1.03. The van der Waals surface area contributed by atoms with Gasteiger partial charge < -0.3 is 0 Å². The third-order valence-corrected chi connectivity index (χ3v) is 1.57. The summed E-state index contributed by atoms with van der Waals surface area (Å²) in [7, 11) is 0. The van der Waals surface area contributed by atoms with E-state index in [2.05, 4.69) is 24.3 Å². The normalized spacial score (nSPS) is 11.5. The largest absolute Gasteiger partial charge is 0.0871 e. The molecule has 0 aliphatic rings. The Hall–Kier alpha value is -1.30. The lowest BCUT2D eigenvalue weighted by molar-refractivity contribution is 1.59. The van der Waals surface area contributed by atoms with Gasteiger partial charge in [0.05, 0.1) is 0 Å². The Morgan fingerprint density at radius 2 is 1.83 bits per heavy atom. The van der Waals surface area contributed by atoms with Crippen LogP contribution in [0.1, 0.15) is 25.0 Å². The van der Waals surface area contributed by atoms with Crippen molar-refractivity contribution in [1.82, 2.24) is 0 Å². The highest BCUT2D eigenvalue weighted by atomic mass is 13.9. The van der Waals surface area contributed by atoms with Crippen LogP contribution in [-0.2, 0) is 0 Å². The summed E-state index contributed by atoms with van der Waals surface area (Å²) in [4.78, 5) is 0. The van der Waals surface area contributed by atoms with E-state index < -0.39 is 0 Å². The minimum absolute atomic E-state index is 1.13. The van der Waals surface area contributed by atoms with Crippen LogP contribution in [-0.4, -0.2) is 0 Å². The Morgan fingerprint density at radius 1 is 1.08 bits per heavy atom. The van der Waals surface area contributed by atoms with Gasteiger partial charge in [0.1, 0.15) is 0 Å². The first kappa shape index (κ1) is 8.79. The maximum atomic E-state index is 3.18. The van der Waals surface area contributed by atoms with Crippen LogP contribution < -0.4 is 0 Å². The van der Waals surface area contributed by atoms with Crippen LogP contribution >= 0.6 is 0 Å². The predicted octanol–water partition coefficient (Wildman–Crippen LogP) is 3.55. The minimum atomic E-state index is 1.13. The molecule has 0 fully saturated rings. The molecule has 1 rings (SSSR count). The van der Waals surface area contributed by atoms with E-state index in [9.17, 15) is 0 Å². The van der Waals surface area contributed by atoms with Crippen molar-refractivity contribution in [2.75, 3.05) is 0 Å². The molecule has 1 radical (unpaired) electrons. The van der Waals surface area contributed by atoms with E-state index in [0.717, 1.165) is 5.56 Å². The third kappa shape index (κ3) is 2.39. The zero-order valence-electron chi connectivity index (χ0n) is 7.54. The zero-order valence-corrected chi connectivity index (χ0v) is 7.54. The maximum absolute atomic E-state index is 3.18. The van der Waals surface area contributed by atoms with Crippen LogP contribution in [0.25, 0.3) is 12.2 Å². The van der Waals surface area contributed by atoms with Gasteiger partial charge in [0.25, 0.3) is 0 Å². The molecule has 0 atom stereocenters. The van der Waals surface area contributed by atoms with Gasteiger partial charge in [0.15, 0.2) is 0 Å². The van der Waals surface area contributed by atoms with Crippen LogP contribution in [0.15, 0.2) is 30.4 Å². The Bertz CT molecular complexity index is 244. The van der Waals surface area contributed by atoms with Crippen molar-refractivity contribution in [2.45, 2.75) is 13.8 Å². The van der Waals surface area contributed by atoms with Crippen molar-refractivity contribution in [3.8, 4) is 0 Å². The molecule has 12 heavy (non-hydrogen) atoms. The molecule has 0 unspecified atom stereocenters. The molecule has 0 saturated carbocycles. The van der Waals surface area contributed by atoms with E-state index in [-0.39, 0.29) is 0 Å². The molecule has 0 spiro atoms. The standard InChI is InChI=1S/C12H13/c1-3-5-11-7-9-12(6-4-2)10-8-11/h3-9H,1-2H3. The molecule has 0 amide bonds. The number of benzene rings is 1. The van der Waals surface area contributed by atoms with Gasteiger partial charge in [-0.2, -0.15) is 0 Å². The molecule has 0 N–H and O–H groups in total. The molecule has 0 aromatic heterocycles. The molecule has 61 valence electrons. The molecule has 0 aliphatic carbocycles. The molecule has 0 heteroatoms. The van der Waals surface area contributed by atoms with Crippen molar-refractivity contribution >= 4 is 12.2 Å². The topological polar surface area (TPSA) is 0 Å². The van der Waals surface area contributed by atoms with Crippen molar-refractivity contribution in [3.63, 3.8) is 0 Å². The van der Waals surface area contributed by atoms with Gasteiger partial charge in [-0.25, -0.2) is 0 Å². The molecule has 0 bridgehead atoms. The van der Waals surface area contributed by atoms with Gasteiger partial charge in [-0.1, -0.05) is 36.4 Å². The second-order valence-corrected chi connectivity index (χ2v) is 2.58. The first-order valence-corrected chi connectivity index (χ1v) is 4.14. The molecule has 0 nitrogen and oxygen atoms in total. The number of allylic oxidation sites excluding steroid dienone is 2. The second-order valence-electron chi connectivity index (χ2n) is 2.58. The lowest BCUT2D eigenvalue weighted by Crippen LogP contribution is -1.74. The van der Waals surface area contributed by atoms with Gasteiger partial charge in [-0.15, -0.1) is 0 Å². The molecule has 1 aromatic carbocycles. The van der Waals surface area contributed by atoms with E-state index in [1.165, 1.54) is 5.56 Å². The average Bonchev–Trinajstić information content (AvgIpc) is 2.09. The number of rotatable bonds is 2. The van der Waals surface area contributed by atoms with Crippen LogP contribution in [0.3, 0.4) is 0 Å². The quantitative estimate of drug-likeness (QED) is 0.615. The van der Waals surface area contributed by atoms with Gasteiger partial charge in [-0.05, 0) is 37.1 Å². The fraction of sp³-hybridized carbons (Fsp3) is 0.167. The van der Waals surface area contributed by atoms with Crippen LogP contribution in [0.5, 0.6) is 0 Å². The summed E-state index contributed by atoms with van der Waals surface area (Å²) in [5.41, 5.74) is 2.33. The summed E-state index contributed by atoms with van der Waals surface area (Å²) in [6.07, 6.45) is 8.15. The molecular formula is C12H13. The highest BCUT2D eigenvalue weighted by molar-refractivity contribution is 5.54. The van der Waals surface area contributed by atoms with Gasteiger partial charge in [0, 0.05) is 0 Å². The summed E-state index contributed by atoms with van der Waals surface area (Å²) in [6, 6.07) is 9.33. The monoisotopic (exact) mass is 157 g/mol. The van der Waals surface area contributed by atoms with Gasteiger partial charge in [-0.3, -0.25) is 0 Å². The molecular weight excluding hydrogens is 144 g/mol. The van der Waals surface area contributed by atoms with Crippen LogP contribution in [0, 0.1) is 6.07 Å². The van der Waals surface area contributed by atoms with E-state index >= 15 is 0 Å². The maximum Gasteiger partial charge on any atom is -0.00994 e. The second kappa shape index (κ2) is 4.55. The average molecular weight is 157 g/mol. The highest BCUT2D eigenvalue weighted by Crippen LogP contribution is 2.06. The summed E-state index contributed by atoms with van der Waals surface area (Å²) >= 11 is 0. The Balaban J connectivity index is 2.85. The summed E-state index contributed by atoms with van der Waals surface area (Å²) in [6.45, 7) is 4.02. The first-order valence-electron chi connectivity index (χ1n) is 4.14. The summed E-state index contributed by atoms with van der Waals surface area (Å²) < 4.78 is 0. The minimum Gasteiger partial charge on any atom is -0.0871 e. The third-order valence-electron chi connectivity index (χ3n) is 1.57. The van der Waals surface area contributed by atoms with Crippen LogP contribution in [0.4, 0.5) is 0 Å². The molecule has 0 saturated heterocycles. The van der Waals surface area contributed by atoms with Gasteiger partial charge >= 0.3 is 0 Å². The van der Waals surface area contributed by atoms with Crippen molar-refractivity contribution in [3.05, 3.63) is 47.5 Å². The van der Waals surface area contributed by atoms with Gasteiger partial charge in [0.2, 0.25) is 0 Å². The van der Waals surface area contributed by atoms with Crippen molar-refractivity contribution in [1.29, 1.82) is 0 Å². The smallest absolute Gasteiger partial charge is 0.00994 e. The Morgan fingerprint density at radius 3 is 2.33 bits per heavy atom. The van der Waals surface area contributed by atoms with E-state index in [1.807, 2.05) is 38.1 Å². The first-order chi connectivity index (χ1) is 5.86. The Labute approximate surface area is 74.2 Å². The van der Waals surface area contributed by atoms with E-state index in [0.29, 0.717) is 0 Å². The van der Waals surface area contributed by atoms with Crippen molar-refractivity contribution in [2.24, 2.45) is 0 Å². The Kier molecular flexibility index (Phi) is 3.34. The molecule has 0 aliphatic heterocycles. The van der Waals surface area contributed by atoms with E-state index in [4.69, 9.17) is 0 Å². The lowest BCUT2D eigenvalue weighted by atomic mass is 10.1. The van der Waals surface area contributed by atoms with Crippen molar-refractivity contribution < 1.29 is 0 Å². The zero-order chi connectivity index (χ0) is 8.81. The SMILES string of the molecule is CC=Cc1[c]cc(C=CC)cc1. The fourth-order valence-corrected chi connectivity index (χ4v) is 1.03.